The van der Waals surface area contributed by atoms with Gasteiger partial charge in [-0.3, -0.25) is 4.79 Å². The molecule has 0 atom stereocenters. The first-order chi connectivity index (χ1) is 13.4. The molecule has 1 N–H and O–H groups in total. The molecular weight excluding hydrogens is 385 g/mol. The number of nitrogens with one attached hydrogen (secondary N) is 1. The molecule has 0 fully saturated rings. The number of nitrogens with zero attached hydrogens (tertiary/aromatic N) is 2. The maximum atomic E-state index is 13.0. The number of carboxylic acids is 1. The van der Waals surface area contributed by atoms with Gasteiger partial charge < -0.3 is 19.6 Å². The zero-order valence-corrected chi connectivity index (χ0v) is 15.3. The molecule has 3 rings (SSSR count). The summed E-state index contributed by atoms with van der Waals surface area (Å²) in [5.41, 5.74) is 1.68. The monoisotopic (exact) mass is 398 g/mol. The smallest absolute Gasteiger partial charge is 0.281 e. The number of aromatic nitrogens is 2. The maximum absolute atomic E-state index is 13.0. The molecule has 0 saturated heterocycles. The number of carbonyl (C=O) groups excluding carboxylic acids is 2. The van der Waals surface area contributed by atoms with Gasteiger partial charge in [-0.15, -0.1) is 10.2 Å². The lowest BCUT2D eigenvalue weighted by Crippen LogP contribution is -2.23. The van der Waals surface area contributed by atoms with Crippen molar-refractivity contribution in [3.8, 4) is 11.5 Å². The maximum Gasteiger partial charge on any atom is 0.281 e. The molecule has 0 aliphatic heterocycles. The van der Waals surface area contributed by atoms with Crippen LogP contribution in [-0.2, 0) is 9.59 Å². The van der Waals surface area contributed by atoms with E-state index in [2.05, 4.69) is 15.5 Å². The fourth-order valence-electron chi connectivity index (χ4n) is 2.20. The second kappa shape index (κ2) is 8.49. The summed E-state index contributed by atoms with van der Waals surface area (Å²) in [5.74, 6) is -1.87. The van der Waals surface area contributed by atoms with Gasteiger partial charge >= 0.3 is 0 Å². The fourth-order valence-corrected chi connectivity index (χ4v) is 2.87. The van der Waals surface area contributed by atoms with E-state index >= 15 is 0 Å². The second-order valence-electron chi connectivity index (χ2n) is 5.58. The lowest BCUT2D eigenvalue weighted by Gasteiger charge is -2.06. The number of rotatable bonds is 6. The summed E-state index contributed by atoms with van der Waals surface area (Å²) in [6, 6.07) is 12.0. The van der Waals surface area contributed by atoms with Crippen LogP contribution in [0.3, 0.4) is 0 Å². The molecule has 0 bridgehead atoms. The van der Waals surface area contributed by atoms with Crippen LogP contribution >= 0.6 is 11.8 Å². The Kier molecular flexibility index (Phi) is 5.85. The SMILES string of the molecule is CC(=O)Nc1ccc(/C=C(/Sc2nnc(-c3ccc(F)cc3)o2)C(=O)[O-])cc1. The van der Waals surface area contributed by atoms with E-state index in [0.29, 0.717) is 16.8 Å². The summed E-state index contributed by atoms with van der Waals surface area (Å²) in [6.45, 7) is 1.39. The van der Waals surface area contributed by atoms with Gasteiger partial charge in [-0.05, 0) is 59.8 Å². The minimum Gasteiger partial charge on any atom is -0.544 e. The first kappa shape index (κ1) is 19.3. The molecule has 0 aliphatic carbocycles. The van der Waals surface area contributed by atoms with Gasteiger partial charge in [0, 0.05) is 23.1 Å². The predicted molar refractivity (Wildman–Crippen MR) is 99.3 cm³/mol. The number of thioether (sulfide) groups is 1. The lowest BCUT2D eigenvalue weighted by molar-refractivity contribution is -0.298. The molecule has 0 radical (unpaired) electrons. The van der Waals surface area contributed by atoms with Crippen LogP contribution in [0.25, 0.3) is 17.5 Å². The number of benzene rings is 2. The van der Waals surface area contributed by atoms with E-state index in [4.69, 9.17) is 4.42 Å². The van der Waals surface area contributed by atoms with Crippen LogP contribution in [0.15, 0.2) is 63.1 Å². The molecule has 0 aliphatic rings. The topological polar surface area (TPSA) is 108 Å². The molecule has 0 spiro atoms. The Morgan fingerprint density at radius 3 is 2.39 bits per heavy atom. The Labute approximate surface area is 163 Å². The molecule has 9 heteroatoms. The lowest BCUT2D eigenvalue weighted by atomic mass is 10.2. The number of hydrogen-bond donors (Lipinski definition) is 1. The zero-order valence-electron chi connectivity index (χ0n) is 14.5. The van der Waals surface area contributed by atoms with Gasteiger partial charge in [0.2, 0.25) is 11.8 Å². The highest BCUT2D eigenvalue weighted by atomic mass is 32.2. The molecule has 2 aromatic carbocycles. The van der Waals surface area contributed by atoms with Gasteiger partial charge in [-0.1, -0.05) is 12.1 Å². The number of amides is 1. The summed E-state index contributed by atoms with van der Waals surface area (Å²) in [6.07, 6.45) is 1.39. The summed E-state index contributed by atoms with van der Waals surface area (Å²) >= 11 is 0.740. The molecule has 3 aromatic rings. The van der Waals surface area contributed by atoms with Gasteiger partial charge in [0.05, 0.1) is 5.97 Å². The molecular formula is C19H13FN3O4S-. The number of carboxylic acid groups (broad SMARTS) is 1. The second-order valence-corrected chi connectivity index (χ2v) is 6.57. The molecule has 28 heavy (non-hydrogen) atoms. The third kappa shape index (κ3) is 5.04. The van der Waals surface area contributed by atoms with Crippen LogP contribution in [0.2, 0.25) is 0 Å². The van der Waals surface area contributed by atoms with Crippen molar-refractivity contribution >= 4 is 35.4 Å². The molecule has 7 nitrogen and oxygen atoms in total. The molecule has 1 amide bonds. The minimum atomic E-state index is -1.41. The summed E-state index contributed by atoms with van der Waals surface area (Å²) in [4.78, 5) is 22.3. The van der Waals surface area contributed by atoms with Crippen LogP contribution in [0.5, 0.6) is 0 Å². The Morgan fingerprint density at radius 1 is 1.11 bits per heavy atom. The summed E-state index contributed by atoms with van der Waals surface area (Å²) in [7, 11) is 0. The van der Waals surface area contributed by atoms with Crippen LogP contribution in [0.1, 0.15) is 12.5 Å². The molecule has 1 heterocycles. The van der Waals surface area contributed by atoms with E-state index in [0.717, 1.165) is 11.8 Å². The van der Waals surface area contributed by atoms with Crippen LogP contribution in [-0.4, -0.2) is 22.1 Å². The third-order valence-electron chi connectivity index (χ3n) is 3.42. The van der Waals surface area contributed by atoms with E-state index < -0.39 is 11.8 Å². The van der Waals surface area contributed by atoms with E-state index in [9.17, 15) is 19.1 Å². The average molecular weight is 398 g/mol. The third-order valence-corrected chi connectivity index (χ3v) is 4.27. The normalized spacial score (nSPS) is 11.3. The van der Waals surface area contributed by atoms with Crippen LogP contribution in [0, 0.1) is 5.82 Å². The standard InChI is InChI=1S/C19H14FN3O4S/c1-11(24)21-15-8-2-12(3-9-15)10-16(18(25)26)28-19-23-22-17(27-19)13-4-6-14(20)7-5-13/h2-10H,1H3,(H,21,24)(H,25,26)/p-1/b16-10+. The van der Waals surface area contributed by atoms with Crippen molar-refractivity contribution in [1.29, 1.82) is 0 Å². The highest BCUT2D eigenvalue weighted by Crippen LogP contribution is 2.29. The molecule has 1 aromatic heterocycles. The quantitative estimate of drug-likeness (QED) is 0.502. The molecule has 0 unspecified atom stereocenters. The predicted octanol–water partition coefficient (Wildman–Crippen LogP) is 2.72. The number of anilines is 1. The van der Waals surface area contributed by atoms with E-state index in [-0.39, 0.29) is 21.9 Å². The number of halogens is 1. The van der Waals surface area contributed by atoms with Gasteiger partial charge in [0.15, 0.2) is 0 Å². The van der Waals surface area contributed by atoms with Gasteiger partial charge in [0.25, 0.3) is 5.22 Å². The average Bonchev–Trinajstić information content (AvgIpc) is 3.11. The van der Waals surface area contributed by atoms with Crippen molar-refractivity contribution in [3.63, 3.8) is 0 Å². The van der Waals surface area contributed by atoms with Crippen LogP contribution < -0.4 is 10.4 Å². The fraction of sp³-hybridized carbons (Fsp3) is 0.0526. The van der Waals surface area contributed by atoms with Crippen molar-refractivity contribution in [2.75, 3.05) is 5.32 Å². The number of hydrogen-bond acceptors (Lipinski definition) is 7. The summed E-state index contributed by atoms with van der Waals surface area (Å²) < 4.78 is 18.4. The first-order valence-corrected chi connectivity index (χ1v) is 8.80. The zero-order chi connectivity index (χ0) is 20.1. The largest absolute Gasteiger partial charge is 0.544 e. The first-order valence-electron chi connectivity index (χ1n) is 7.99. The Morgan fingerprint density at radius 2 is 1.79 bits per heavy atom. The minimum absolute atomic E-state index is 0.00430. The van der Waals surface area contributed by atoms with Crippen molar-refractivity contribution in [3.05, 3.63) is 64.8 Å². The molecule has 142 valence electrons. The van der Waals surface area contributed by atoms with Crippen LogP contribution in [0.4, 0.5) is 10.1 Å². The Bertz CT molecular complexity index is 1030. The molecule has 0 saturated carbocycles. The van der Waals surface area contributed by atoms with Crippen molar-refractivity contribution in [2.24, 2.45) is 0 Å². The van der Waals surface area contributed by atoms with E-state index in [1.165, 1.54) is 37.3 Å². The van der Waals surface area contributed by atoms with E-state index in [1.807, 2.05) is 0 Å². The Balaban J connectivity index is 1.78. The van der Waals surface area contributed by atoms with Gasteiger partial charge in [-0.25, -0.2) is 4.39 Å². The van der Waals surface area contributed by atoms with Crippen molar-refractivity contribution in [2.45, 2.75) is 12.1 Å². The summed E-state index contributed by atoms with van der Waals surface area (Å²) in [5, 5.41) is 21.7. The highest BCUT2D eigenvalue weighted by Gasteiger charge is 2.12. The highest BCUT2D eigenvalue weighted by molar-refractivity contribution is 8.03. The van der Waals surface area contributed by atoms with E-state index in [1.54, 1.807) is 24.3 Å². The Hall–Kier alpha value is -3.46. The van der Waals surface area contributed by atoms with Crippen molar-refractivity contribution in [1.82, 2.24) is 10.2 Å². The van der Waals surface area contributed by atoms with Gasteiger partial charge in [0.1, 0.15) is 5.82 Å². The van der Waals surface area contributed by atoms with Gasteiger partial charge in [-0.2, -0.15) is 0 Å². The van der Waals surface area contributed by atoms with Crippen molar-refractivity contribution < 1.29 is 23.5 Å². The number of carbonyl (C=O) groups is 2. The number of aliphatic carboxylic acids is 1.